The first-order valence-corrected chi connectivity index (χ1v) is 11.5. The van der Waals surface area contributed by atoms with Crippen LogP contribution in [0.2, 0.25) is 0 Å². The maximum absolute atomic E-state index is 13.5. The second-order valence-electron chi connectivity index (χ2n) is 7.78. The van der Waals surface area contributed by atoms with Crippen LogP contribution >= 0.6 is 11.3 Å². The third-order valence-electron chi connectivity index (χ3n) is 5.52. The molecule has 34 heavy (non-hydrogen) atoms. The van der Waals surface area contributed by atoms with E-state index in [-0.39, 0.29) is 27.5 Å². The SMILES string of the molecule is Cc1ccccc1-n1c(=O)/c(=C/c2ccc(OC(F)F)cc2)s/c1=C(\C#N)C(=O)N1CCCC1. The third-order valence-corrected chi connectivity index (χ3v) is 6.61. The number of aryl methyl sites for hydroxylation is 1. The van der Waals surface area contributed by atoms with E-state index < -0.39 is 6.61 Å². The summed E-state index contributed by atoms with van der Waals surface area (Å²) < 4.78 is 31.2. The lowest BCUT2D eigenvalue weighted by Crippen LogP contribution is -2.35. The minimum absolute atomic E-state index is 0.00708. The zero-order chi connectivity index (χ0) is 24.2. The fourth-order valence-electron chi connectivity index (χ4n) is 3.85. The van der Waals surface area contributed by atoms with Crippen molar-refractivity contribution in [3.05, 3.63) is 79.2 Å². The molecule has 3 aromatic rings. The molecule has 0 aliphatic carbocycles. The van der Waals surface area contributed by atoms with E-state index in [0.29, 0.717) is 28.9 Å². The van der Waals surface area contributed by atoms with Crippen molar-refractivity contribution in [2.24, 2.45) is 0 Å². The highest BCUT2D eigenvalue weighted by molar-refractivity contribution is 7.07. The van der Waals surface area contributed by atoms with Crippen molar-refractivity contribution < 1.29 is 18.3 Å². The number of nitrogens with zero attached hydrogens (tertiary/aromatic N) is 3. The normalized spacial score (nSPS) is 14.9. The summed E-state index contributed by atoms with van der Waals surface area (Å²) in [6.45, 7) is 0.0818. The molecule has 1 aliphatic heterocycles. The summed E-state index contributed by atoms with van der Waals surface area (Å²) in [5, 5.41) is 9.91. The molecule has 1 saturated heterocycles. The van der Waals surface area contributed by atoms with Gasteiger partial charge in [0.05, 0.1) is 10.2 Å². The van der Waals surface area contributed by atoms with Gasteiger partial charge in [-0.2, -0.15) is 14.0 Å². The molecule has 9 heteroatoms. The van der Waals surface area contributed by atoms with Gasteiger partial charge in [-0.25, -0.2) is 0 Å². The van der Waals surface area contributed by atoms with E-state index in [1.807, 2.05) is 25.1 Å². The highest BCUT2D eigenvalue weighted by Gasteiger charge is 2.24. The van der Waals surface area contributed by atoms with Crippen LogP contribution in [0, 0.1) is 18.3 Å². The van der Waals surface area contributed by atoms with Gasteiger partial charge in [-0.05, 0) is 55.2 Å². The second kappa shape index (κ2) is 10.0. The average molecular weight is 482 g/mol. The van der Waals surface area contributed by atoms with E-state index in [4.69, 9.17) is 0 Å². The number of benzene rings is 2. The summed E-state index contributed by atoms with van der Waals surface area (Å²) in [7, 11) is 0. The van der Waals surface area contributed by atoms with Gasteiger partial charge in [-0.1, -0.05) is 30.3 Å². The number of carbonyl (C=O) groups is 1. The van der Waals surface area contributed by atoms with Crippen molar-refractivity contribution in [1.82, 2.24) is 9.47 Å². The van der Waals surface area contributed by atoms with E-state index in [1.165, 1.54) is 16.7 Å². The van der Waals surface area contributed by atoms with Crippen LogP contribution < -0.4 is 19.5 Å². The molecule has 0 N–H and O–H groups in total. The van der Waals surface area contributed by atoms with Crippen LogP contribution in [-0.2, 0) is 4.79 Å². The lowest BCUT2D eigenvalue weighted by atomic mass is 10.2. The van der Waals surface area contributed by atoms with Gasteiger partial charge in [0.1, 0.15) is 16.5 Å². The topological polar surface area (TPSA) is 75.3 Å². The Kier molecular flexibility index (Phi) is 6.89. The monoisotopic (exact) mass is 481 g/mol. The standard InChI is InChI=1S/C25H21F2N3O3S/c1-16-6-2-3-7-20(16)30-23(32)21(14-17-8-10-18(11-9-17)33-25(26)27)34-24(30)19(15-28)22(31)29-12-4-5-13-29/h2-3,6-11,14,25H,4-5,12-13H2,1H3/b21-14-,24-19+. The Morgan fingerprint density at radius 3 is 2.44 bits per heavy atom. The smallest absolute Gasteiger partial charge is 0.387 e. The molecule has 1 aliphatic rings. The molecule has 174 valence electrons. The predicted molar refractivity (Wildman–Crippen MR) is 125 cm³/mol. The first kappa shape index (κ1) is 23.4. The molecule has 2 aromatic carbocycles. The predicted octanol–water partition coefficient (Wildman–Crippen LogP) is 2.93. The third kappa shape index (κ3) is 4.77. The molecule has 1 fully saturated rings. The number of nitriles is 1. The highest BCUT2D eigenvalue weighted by Crippen LogP contribution is 2.16. The number of hydrogen-bond acceptors (Lipinski definition) is 5. The lowest BCUT2D eigenvalue weighted by Gasteiger charge is -2.14. The number of aromatic nitrogens is 1. The van der Waals surface area contributed by atoms with Crippen LogP contribution in [-0.4, -0.2) is 35.1 Å². The van der Waals surface area contributed by atoms with E-state index >= 15 is 0 Å². The minimum atomic E-state index is -2.93. The molecule has 1 aromatic heterocycles. The Hall–Kier alpha value is -3.77. The van der Waals surface area contributed by atoms with Gasteiger partial charge in [0.15, 0.2) is 5.57 Å². The molecular formula is C25H21F2N3O3S. The van der Waals surface area contributed by atoms with E-state index in [2.05, 4.69) is 4.74 Å². The Bertz CT molecular complexity index is 1430. The molecule has 2 heterocycles. The Labute approximate surface area is 198 Å². The zero-order valence-corrected chi connectivity index (χ0v) is 19.1. The number of likely N-dealkylation sites (tertiary alicyclic amines) is 1. The molecule has 1 amide bonds. The van der Waals surface area contributed by atoms with Gasteiger partial charge in [0.25, 0.3) is 11.5 Å². The fraction of sp³-hybridized carbons (Fsp3) is 0.240. The number of carbonyl (C=O) groups excluding carboxylic acids is 1. The minimum Gasteiger partial charge on any atom is -0.435 e. The highest BCUT2D eigenvalue weighted by atomic mass is 32.1. The molecule has 0 spiro atoms. The van der Waals surface area contributed by atoms with Crippen molar-refractivity contribution in [2.75, 3.05) is 13.1 Å². The lowest BCUT2D eigenvalue weighted by molar-refractivity contribution is -0.123. The zero-order valence-electron chi connectivity index (χ0n) is 18.3. The van der Waals surface area contributed by atoms with E-state index in [1.54, 1.807) is 35.2 Å². The molecule has 0 bridgehead atoms. The van der Waals surface area contributed by atoms with Gasteiger partial charge >= 0.3 is 6.61 Å². The van der Waals surface area contributed by atoms with Gasteiger partial charge in [0, 0.05) is 13.1 Å². The van der Waals surface area contributed by atoms with Crippen LogP contribution in [0.3, 0.4) is 0 Å². The summed E-state index contributed by atoms with van der Waals surface area (Å²) in [5.74, 6) is -0.378. The summed E-state index contributed by atoms with van der Waals surface area (Å²) >= 11 is 1.06. The Morgan fingerprint density at radius 1 is 1.15 bits per heavy atom. The number of hydrogen-bond donors (Lipinski definition) is 0. The molecule has 0 atom stereocenters. The number of rotatable bonds is 5. The summed E-state index contributed by atoms with van der Waals surface area (Å²) in [5.41, 5.74) is 1.54. The number of thiazole rings is 1. The number of amides is 1. The number of halogens is 2. The summed E-state index contributed by atoms with van der Waals surface area (Å²) in [4.78, 5) is 28.3. The van der Waals surface area contributed by atoms with Crippen molar-refractivity contribution in [3.8, 4) is 17.5 Å². The molecular weight excluding hydrogens is 460 g/mol. The van der Waals surface area contributed by atoms with Crippen molar-refractivity contribution in [3.63, 3.8) is 0 Å². The van der Waals surface area contributed by atoms with Crippen LogP contribution in [0.1, 0.15) is 24.0 Å². The number of ether oxygens (including phenoxy) is 1. The van der Waals surface area contributed by atoms with Gasteiger partial charge in [-0.3, -0.25) is 14.2 Å². The molecule has 0 radical (unpaired) electrons. The molecule has 0 saturated carbocycles. The summed E-state index contributed by atoms with van der Waals surface area (Å²) in [6, 6.07) is 15.2. The quantitative estimate of drug-likeness (QED) is 0.562. The number of alkyl halides is 2. The van der Waals surface area contributed by atoms with E-state index in [0.717, 1.165) is 29.7 Å². The second-order valence-corrected chi connectivity index (χ2v) is 8.81. The Morgan fingerprint density at radius 2 is 1.82 bits per heavy atom. The maximum atomic E-state index is 13.5. The van der Waals surface area contributed by atoms with Gasteiger partial charge < -0.3 is 9.64 Å². The van der Waals surface area contributed by atoms with Crippen molar-refractivity contribution in [2.45, 2.75) is 26.4 Å². The van der Waals surface area contributed by atoms with Gasteiger partial charge in [-0.15, -0.1) is 11.3 Å². The molecule has 4 rings (SSSR count). The van der Waals surface area contributed by atoms with Crippen LogP contribution in [0.5, 0.6) is 5.75 Å². The first-order valence-electron chi connectivity index (χ1n) is 10.7. The van der Waals surface area contributed by atoms with Gasteiger partial charge in [0.2, 0.25) is 0 Å². The fourth-order valence-corrected chi connectivity index (χ4v) is 4.93. The van der Waals surface area contributed by atoms with Crippen LogP contribution in [0.4, 0.5) is 8.78 Å². The van der Waals surface area contributed by atoms with E-state index in [9.17, 15) is 23.6 Å². The van der Waals surface area contributed by atoms with Crippen molar-refractivity contribution in [1.29, 1.82) is 5.26 Å². The van der Waals surface area contributed by atoms with Crippen LogP contribution in [0.15, 0.2) is 53.3 Å². The summed E-state index contributed by atoms with van der Waals surface area (Å²) in [6.07, 6.45) is 3.36. The average Bonchev–Trinajstić information content (AvgIpc) is 3.45. The van der Waals surface area contributed by atoms with Crippen LogP contribution in [0.25, 0.3) is 17.3 Å². The van der Waals surface area contributed by atoms with Crippen molar-refractivity contribution >= 4 is 28.9 Å². The number of para-hydroxylation sites is 1. The molecule has 0 unspecified atom stereocenters. The largest absolute Gasteiger partial charge is 0.435 e. The Balaban J connectivity index is 1.93. The maximum Gasteiger partial charge on any atom is 0.387 e. The molecule has 6 nitrogen and oxygen atoms in total. The first-order chi connectivity index (χ1) is 16.4.